The van der Waals surface area contributed by atoms with Crippen molar-refractivity contribution in [3.8, 4) is 11.3 Å². The molecule has 0 saturated carbocycles. The molecule has 6 nitrogen and oxygen atoms in total. The van der Waals surface area contributed by atoms with Crippen LogP contribution in [0.15, 0.2) is 64.5 Å². The molecule has 0 fully saturated rings. The van der Waals surface area contributed by atoms with Gasteiger partial charge in [-0.3, -0.25) is 14.2 Å². The van der Waals surface area contributed by atoms with Crippen LogP contribution in [-0.4, -0.2) is 25.6 Å². The lowest BCUT2D eigenvalue weighted by atomic mass is 10.1. The summed E-state index contributed by atoms with van der Waals surface area (Å²) < 4.78 is 20.3. The topological polar surface area (TPSA) is 76.9 Å². The number of fused-ring (bicyclic) bond motifs is 1. The number of anilines is 1. The summed E-state index contributed by atoms with van der Waals surface area (Å²) >= 11 is 2.29. The third-order valence-electron chi connectivity index (χ3n) is 4.52. The van der Waals surface area contributed by atoms with Gasteiger partial charge in [0.25, 0.3) is 5.56 Å². The lowest BCUT2D eigenvalue weighted by Gasteiger charge is -2.11. The second-order valence-electron chi connectivity index (χ2n) is 6.74. The molecule has 1 amide bonds. The summed E-state index contributed by atoms with van der Waals surface area (Å²) in [5, 5.41) is 3.00. The number of para-hydroxylation sites is 1. The van der Waals surface area contributed by atoms with Gasteiger partial charge in [-0.15, -0.1) is 0 Å². The number of nitrogens with one attached hydrogen (secondary N) is 1. The van der Waals surface area contributed by atoms with E-state index >= 15 is 0 Å². The molecule has 2 heterocycles. The number of halogens is 1. The zero-order chi connectivity index (χ0) is 21.8. The van der Waals surface area contributed by atoms with Gasteiger partial charge in [-0.05, 0) is 30.1 Å². The fourth-order valence-corrected chi connectivity index (χ4v) is 4.70. The van der Waals surface area contributed by atoms with Gasteiger partial charge in [-0.25, -0.2) is 9.37 Å². The number of carbonyl (C=O) groups excluding carboxylic acids is 1. The quantitative estimate of drug-likeness (QED) is 0.321. The number of hydrogen-bond acceptors (Lipinski definition) is 6. The minimum atomic E-state index is -0.500. The number of hydrogen-bond donors (Lipinski definition) is 1. The Morgan fingerprint density at radius 2 is 1.90 bits per heavy atom. The minimum absolute atomic E-state index is 0.00572. The summed E-state index contributed by atoms with van der Waals surface area (Å²) in [6.45, 7) is 2.45. The number of amides is 1. The number of aromatic nitrogens is 3. The third-order valence-corrected chi connectivity index (χ3v) is 6.32. The van der Waals surface area contributed by atoms with Crippen molar-refractivity contribution in [2.24, 2.45) is 0 Å². The predicted octanol–water partition coefficient (Wildman–Crippen LogP) is 4.80. The Morgan fingerprint density at radius 1 is 1.16 bits per heavy atom. The van der Waals surface area contributed by atoms with E-state index in [0.29, 0.717) is 27.6 Å². The van der Waals surface area contributed by atoms with E-state index in [9.17, 15) is 14.0 Å². The Balaban J connectivity index is 1.65. The highest BCUT2D eigenvalue weighted by molar-refractivity contribution is 7.99. The van der Waals surface area contributed by atoms with Gasteiger partial charge >= 0.3 is 0 Å². The lowest BCUT2D eigenvalue weighted by molar-refractivity contribution is -0.113. The monoisotopic (exact) mass is 454 g/mol. The maximum atomic E-state index is 13.8. The summed E-state index contributed by atoms with van der Waals surface area (Å²) in [4.78, 5) is 30.2. The Kier molecular flexibility index (Phi) is 6.43. The fourth-order valence-electron chi connectivity index (χ4n) is 3.09. The largest absolute Gasteiger partial charge is 0.323 e. The molecular formula is C22H19FN4O2S2. The fraction of sp³-hybridized carbons (Fsp3) is 0.182. The van der Waals surface area contributed by atoms with Crippen LogP contribution in [0.25, 0.3) is 21.5 Å². The highest BCUT2D eigenvalue weighted by Gasteiger charge is 2.19. The van der Waals surface area contributed by atoms with Crippen LogP contribution in [0.1, 0.15) is 13.3 Å². The van der Waals surface area contributed by atoms with Gasteiger partial charge in [0.15, 0.2) is 5.16 Å². The van der Waals surface area contributed by atoms with Crippen molar-refractivity contribution < 1.29 is 9.18 Å². The Morgan fingerprint density at radius 3 is 2.65 bits per heavy atom. The molecule has 0 saturated heterocycles. The van der Waals surface area contributed by atoms with Crippen LogP contribution in [0.3, 0.4) is 0 Å². The molecule has 0 aliphatic carbocycles. The Hall–Kier alpha value is -3.04. The first-order chi connectivity index (χ1) is 15.1. The molecular weight excluding hydrogens is 435 g/mol. The van der Waals surface area contributed by atoms with Crippen LogP contribution in [0.2, 0.25) is 0 Å². The van der Waals surface area contributed by atoms with Crippen molar-refractivity contribution >= 4 is 45.1 Å². The maximum Gasteiger partial charge on any atom is 0.273 e. The van der Waals surface area contributed by atoms with E-state index in [1.807, 2.05) is 37.3 Å². The van der Waals surface area contributed by atoms with Gasteiger partial charge in [0.1, 0.15) is 21.7 Å². The van der Waals surface area contributed by atoms with E-state index in [2.05, 4.69) is 9.69 Å². The highest BCUT2D eigenvalue weighted by atomic mass is 32.2. The van der Waals surface area contributed by atoms with Crippen molar-refractivity contribution in [2.75, 3.05) is 11.1 Å². The van der Waals surface area contributed by atoms with Crippen LogP contribution in [0, 0.1) is 5.82 Å². The van der Waals surface area contributed by atoms with Crippen molar-refractivity contribution in [1.82, 2.24) is 13.9 Å². The van der Waals surface area contributed by atoms with E-state index in [1.54, 1.807) is 16.7 Å². The van der Waals surface area contributed by atoms with Gasteiger partial charge in [0.05, 0.1) is 11.4 Å². The van der Waals surface area contributed by atoms with Crippen LogP contribution < -0.4 is 10.9 Å². The molecule has 4 aromatic rings. The number of nitrogens with zero attached hydrogens (tertiary/aromatic N) is 3. The smallest absolute Gasteiger partial charge is 0.273 e. The zero-order valence-corrected chi connectivity index (χ0v) is 18.3. The average Bonchev–Trinajstić information content (AvgIpc) is 3.21. The lowest BCUT2D eigenvalue weighted by Crippen LogP contribution is -2.23. The number of rotatable bonds is 7. The first-order valence-electron chi connectivity index (χ1n) is 9.71. The van der Waals surface area contributed by atoms with Crippen molar-refractivity contribution in [3.05, 3.63) is 70.8 Å². The van der Waals surface area contributed by atoms with Crippen LogP contribution >= 0.6 is 23.3 Å². The maximum absolute atomic E-state index is 13.8. The van der Waals surface area contributed by atoms with Gasteiger partial charge < -0.3 is 5.32 Å². The van der Waals surface area contributed by atoms with Gasteiger partial charge in [-0.1, -0.05) is 61.2 Å². The number of thioether (sulfide) groups is 1. The highest BCUT2D eigenvalue weighted by Crippen LogP contribution is 2.29. The average molecular weight is 455 g/mol. The Bertz CT molecular complexity index is 1290. The first kappa shape index (κ1) is 21.2. The third kappa shape index (κ3) is 4.52. The van der Waals surface area contributed by atoms with E-state index < -0.39 is 5.82 Å². The van der Waals surface area contributed by atoms with Crippen molar-refractivity contribution in [3.63, 3.8) is 0 Å². The molecule has 31 heavy (non-hydrogen) atoms. The summed E-state index contributed by atoms with van der Waals surface area (Å²) in [7, 11) is 0. The Labute approximate surface area is 186 Å². The second kappa shape index (κ2) is 9.40. The van der Waals surface area contributed by atoms with E-state index in [4.69, 9.17) is 4.98 Å². The van der Waals surface area contributed by atoms with Crippen molar-refractivity contribution in [1.29, 1.82) is 0 Å². The molecule has 0 atom stereocenters. The molecule has 9 heteroatoms. The number of carbonyl (C=O) groups is 1. The molecule has 0 aliphatic heterocycles. The van der Waals surface area contributed by atoms with E-state index in [-0.39, 0.29) is 22.9 Å². The molecule has 4 rings (SSSR count). The normalized spacial score (nSPS) is 11.0. The van der Waals surface area contributed by atoms with Crippen LogP contribution in [0.5, 0.6) is 0 Å². The zero-order valence-electron chi connectivity index (χ0n) is 16.7. The van der Waals surface area contributed by atoms with Crippen LogP contribution in [-0.2, 0) is 11.3 Å². The van der Waals surface area contributed by atoms with Crippen LogP contribution in [0.4, 0.5) is 10.1 Å². The summed E-state index contributed by atoms with van der Waals surface area (Å²) in [6.07, 6.45) is 0.742. The van der Waals surface area contributed by atoms with Gasteiger partial charge in [0, 0.05) is 12.1 Å². The summed E-state index contributed by atoms with van der Waals surface area (Å²) in [5.41, 5.74) is 2.02. The SMILES string of the molecule is CCCn1c(SCC(=O)Nc2ccccc2F)nc2c(-c3ccccc3)nsc2c1=O. The predicted molar refractivity (Wildman–Crippen MR) is 123 cm³/mol. The summed E-state index contributed by atoms with van der Waals surface area (Å²) in [6, 6.07) is 15.5. The first-order valence-corrected chi connectivity index (χ1v) is 11.5. The van der Waals surface area contributed by atoms with E-state index in [1.165, 1.54) is 12.1 Å². The molecule has 0 spiro atoms. The molecule has 158 valence electrons. The van der Waals surface area contributed by atoms with E-state index in [0.717, 1.165) is 35.3 Å². The molecule has 0 radical (unpaired) electrons. The molecule has 2 aromatic heterocycles. The molecule has 0 aliphatic rings. The molecule has 1 N–H and O–H groups in total. The second-order valence-corrected chi connectivity index (χ2v) is 8.46. The summed E-state index contributed by atoms with van der Waals surface area (Å²) in [5.74, 6) is -0.881. The van der Waals surface area contributed by atoms with Crippen molar-refractivity contribution in [2.45, 2.75) is 25.0 Å². The standard InChI is InChI=1S/C22H19FN4O2S2/c1-2-12-27-21(29)20-19(18(26-31-20)14-8-4-3-5-9-14)25-22(27)30-13-17(28)24-16-11-7-6-10-15(16)23/h3-11H,2,12-13H2,1H3,(H,24,28). The molecule has 2 aromatic carbocycles. The van der Waals surface area contributed by atoms with Gasteiger partial charge in [-0.2, -0.15) is 4.37 Å². The molecule has 0 unspecified atom stereocenters. The number of benzene rings is 2. The van der Waals surface area contributed by atoms with Gasteiger partial charge in [0.2, 0.25) is 5.91 Å². The minimum Gasteiger partial charge on any atom is -0.323 e. The molecule has 0 bridgehead atoms.